The molecule has 3 nitrogen and oxygen atoms in total. The summed E-state index contributed by atoms with van der Waals surface area (Å²) in [5.74, 6) is 0.826. The lowest BCUT2D eigenvalue weighted by Gasteiger charge is -2.16. The van der Waals surface area contributed by atoms with E-state index in [0.717, 1.165) is 17.7 Å². The summed E-state index contributed by atoms with van der Waals surface area (Å²) in [7, 11) is 1.93. The molecule has 1 aromatic heterocycles. The molecule has 1 aromatic carbocycles. The Kier molecular flexibility index (Phi) is 4.67. The average Bonchev–Trinajstić information content (AvgIpc) is 2.89. The first-order valence-electron chi connectivity index (χ1n) is 5.84. The van der Waals surface area contributed by atoms with Gasteiger partial charge in [0, 0.05) is 11.1 Å². The number of hydrogen-bond donors (Lipinski definition) is 1. The molecule has 18 heavy (non-hydrogen) atoms. The van der Waals surface area contributed by atoms with Gasteiger partial charge < -0.3 is 14.5 Å². The highest BCUT2D eigenvalue weighted by Crippen LogP contribution is 2.16. The maximum atomic E-state index is 5.82. The molecule has 1 unspecified atom stereocenters. The molecule has 0 radical (unpaired) electrons. The summed E-state index contributed by atoms with van der Waals surface area (Å²) in [6, 6.07) is 9.59. The number of nitrogens with one attached hydrogen (secondary N) is 1. The van der Waals surface area contributed by atoms with Gasteiger partial charge in [0.05, 0.1) is 12.5 Å². The highest BCUT2D eigenvalue weighted by atomic mass is 35.5. The van der Waals surface area contributed by atoms with Crippen LogP contribution in [0.1, 0.15) is 5.56 Å². The number of ether oxygens (including phenoxy) is 1. The molecule has 2 rings (SSSR count). The first kappa shape index (κ1) is 13.0. The van der Waals surface area contributed by atoms with E-state index >= 15 is 0 Å². The molecule has 0 saturated heterocycles. The average molecular weight is 266 g/mol. The minimum absolute atomic E-state index is 0.248. The molecule has 0 spiro atoms. The molecule has 0 aliphatic carbocycles. The van der Waals surface area contributed by atoms with Crippen LogP contribution in [-0.4, -0.2) is 19.7 Å². The van der Waals surface area contributed by atoms with E-state index in [1.54, 1.807) is 12.5 Å². The Balaban J connectivity index is 1.85. The molecule has 1 heterocycles. The van der Waals surface area contributed by atoms with Crippen molar-refractivity contribution in [1.82, 2.24) is 5.32 Å². The summed E-state index contributed by atoms with van der Waals surface area (Å²) in [5, 5.41) is 3.94. The highest BCUT2D eigenvalue weighted by Gasteiger charge is 2.09. The Morgan fingerprint density at radius 3 is 2.67 bits per heavy atom. The number of halogens is 1. The molecule has 96 valence electrons. The van der Waals surface area contributed by atoms with Gasteiger partial charge in [0.1, 0.15) is 12.4 Å². The fourth-order valence-electron chi connectivity index (χ4n) is 1.67. The Labute approximate surface area is 112 Å². The van der Waals surface area contributed by atoms with Gasteiger partial charge in [-0.05, 0) is 49.4 Å². The highest BCUT2D eigenvalue weighted by molar-refractivity contribution is 6.30. The van der Waals surface area contributed by atoms with Crippen LogP contribution in [0.15, 0.2) is 47.3 Å². The van der Waals surface area contributed by atoms with E-state index in [9.17, 15) is 0 Å². The maximum absolute atomic E-state index is 5.82. The quantitative estimate of drug-likeness (QED) is 0.871. The zero-order valence-electron chi connectivity index (χ0n) is 10.2. The summed E-state index contributed by atoms with van der Waals surface area (Å²) in [4.78, 5) is 0. The Hall–Kier alpha value is -1.45. The third kappa shape index (κ3) is 3.79. The van der Waals surface area contributed by atoms with Crippen LogP contribution in [0.2, 0.25) is 5.02 Å². The molecule has 0 fully saturated rings. The Morgan fingerprint density at radius 1 is 1.28 bits per heavy atom. The fourth-order valence-corrected chi connectivity index (χ4v) is 1.79. The minimum Gasteiger partial charge on any atom is -0.492 e. The summed E-state index contributed by atoms with van der Waals surface area (Å²) in [5.41, 5.74) is 1.16. The molecule has 0 amide bonds. The number of likely N-dealkylation sites (N-methyl/N-ethyl adjacent to an activating group) is 1. The molecule has 0 saturated carbocycles. The second-order valence-corrected chi connectivity index (χ2v) is 4.52. The van der Waals surface area contributed by atoms with Gasteiger partial charge in [-0.1, -0.05) is 11.6 Å². The summed E-state index contributed by atoms with van der Waals surface area (Å²) in [6.45, 7) is 0.601. The van der Waals surface area contributed by atoms with E-state index in [2.05, 4.69) is 5.32 Å². The van der Waals surface area contributed by atoms with Crippen LogP contribution in [0.4, 0.5) is 0 Å². The number of furan rings is 1. The van der Waals surface area contributed by atoms with Crippen molar-refractivity contribution >= 4 is 11.6 Å². The van der Waals surface area contributed by atoms with E-state index in [-0.39, 0.29) is 6.04 Å². The van der Waals surface area contributed by atoms with E-state index in [1.165, 1.54) is 0 Å². The first-order valence-corrected chi connectivity index (χ1v) is 6.22. The summed E-state index contributed by atoms with van der Waals surface area (Å²) < 4.78 is 10.8. The van der Waals surface area contributed by atoms with Gasteiger partial charge in [-0.2, -0.15) is 0 Å². The number of benzene rings is 1. The van der Waals surface area contributed by atoms with E-state index in [1.807, 2.05) is 37.4 Å². The standard InChI is InChI=1S/C14H16ClNO2/c1-16-13(8-11-6-7-17-9-11)10-18-14-4-2-12(15)3-5-14/h2-7,9,13,16H,8,10H2,1H3. The van der Waals surface area contributed by atoms with Crippen LogP contribution in [0.3, 0.4) is 0 Å². The first-order chi connectivity index (χ1) is 8.78. The molecule has 0 aliphatic heterocycles. The van der Waals surface area contributed by atoms with E-state index < -0.39 is 0 Å². The molecule has 1 atom stereocenters. The summed E-state index contributed by atoms with van der Waals surface area (Å²) >= 11 is 5.82. The van der Waals surface area contributed by atoms with Crippen LogP contribution in [0, 0.1) is 0 Å². The molecule has 0 bridgehead atoms. The zero-order valence-corrected chi connectivity index (χ0v) is 11.0. The Morgan fingerprint density at radius 2 is 2.06 bits per heavy atom. The largest absolute Gasteiger partial charge is 0.492 e. The van der Waals surface area contributed by atoms with Crippen LogP contribution >= 0.6 is 11.6 Å². The molecule has 4 heteroatoms. The van der Waals surface area contributed by atoms with Crippen molar-refractivity contribution < 1.29 is 9.15 Å². The van der Waals surface area contributed by atoms with Crippen molar-refractivity contribution in [2.45, 2.75) is 12.5 Å². The van der Waals surface area contributed by atoms with Gasteiger partial charge in [-0.15, -0.1) is 0 Å². The van der Waals surface area contributed by atoms with Crippen molar-refractivity contribution in [2.24, 2.45) is 0 Å². The predicted molar refractivity (Wildman–Crippen MR) is 72.2 cm³/mol. The van der Waals surface area contributed by atoms with Crippen molar-refractivity contribution in [2.75, 3.05) is 13.7 Å². The lowest BCUT2D eigenvalue weighted by Crippen LogP contribution is -2.33. The SMILES string of the molecule is CNC(COc1ccc(Cl)cc1)Cc1ccoc1. The lowest BCUT2D eigenvalue weighted by atomic mass is 10.1. The van der Waals surface area contributed by atoms with Gasteiger partial charge >= 0.3 is 0 Å². The zero-order chi connectivity index (χ0) is 12.8. The smallest absolute Gasteiger partial charge is 0.119 e. The lowest BCUT2D eigenvalue weighted by molar-refractivity contribution is 0.269. The predicted octanol–water partition coefficient (Wildman–Crippen LogP) is 3.14. The molecule has 2 aromatic rings. The molecular formula is C14H16ClNO2. The topological polar surface area (TPSA) is 34.4 Å². The molecule has 0 aliphatic rings. The van der Waals surface area contributed by atoms with Crippen molar-refractivity contribution in [3.63, 3.8) is 0 Å². The normalized spacial score (nSPS) is 12.3. The van der Waals surface area contributed by atoms with Crippen molar-refractivity contribution in [3.8, 4) is 5.75 Å². The van der Waals surface area contributed by atoms with E-state index in [4.69, 9.17) is 20.8 Å². The third-order valence-electron chi connectivity index (χ3n) is 2.74. The van der Waals surface area contributed by atoms with Gasteiger partial charge in [0.2, 0.25) is 0 Å². The van der Waals surface area contributed by atoms with Gasteiger partial charge in [0.15, 0.2) is 0 Å². The maximum Gasteiger partial charge on any atom is 0.119 e. The van der Waals surface area contributed by atoms with Crippen LogP contribution in [0.5, 0.6) is 5.75 Å². The van der Waals surface area contributed by atoms with Gasteiger partial charge in [-0.25, -0.2) is 0 Å². The summed E-state index contributed by atoms with van der Waals surface area (Å²) in [6.07, 6.45) is 4.31. The fraction of sp³-hybridized carbons (Fsp3) is 0.286. The minimum atomic E-state index is 0.248. The second-order valence-electron chi connectivity index (χ2n) is 4.09. The van der Waals surface area contributed by atoms with Crippen LogP contribution in [-0.2, 0) is 6.42 Å². The van der Waals surface area contributed by atoms with Gasteiger partial charge in [0.25, 0.3) is 0 Å². The number of hydrogen-bond acceptors (Lipinski definition) is 3. The molecule has 1 N–H and O–H groups in total. The molecular weight excluding hydrogens is 250 g/mol. The van der Waals surface area contributed by atoms with Crippen LogP contribution in [0.25, 0.3) is 0 Å². The van der Waals surface area contributed by atoms with Crippen LogP contribution < -0.4 is 10.1 Å². The monoisotopic (exact) mass is 265 g/mol. The third-order valence-corrected chi connectivity index (χ3v) is 2.99. The van der Waals surface area contributed by atoms with Crippen molar-refractivity contribution in [1.29, 1.82) is 0 Å². The van der Waals surface area contributed by atoms with E-state index in [0.29, 0.717) is 11.6 Å². The Bertz CT molecular complexity index is 453. The van der Waals surface area contributed by atoms with Gasteiger partial charge in [-0.3, -0.25) is 0 Å². The van der Waals surface area contributed by atoms with Crippen molar-refractivity contribution in [3.05, 3.63) is 53.4 Å². The number of rotatable bonds is 6. The second kappa shape index (κ2) is 6.47.